The summed E-state index contributed by atoms with van der Waals surface area (Å²) in [6.45, 7) is 3.03. The lowest BCUT2D eigenvalue weighted by Gasteiger charge is -2.08. The van der Waals surface area contributed by atoms with Crippen molar-refractivity contribution >= 4 is 21.0 Å². The standard InChI is InChI=1S/C23H23N2O3S/c1-3-13-25-17-22(18-11-14-24(2)15-12-18)21-16-19(9-10-23(21)25)28-29(26,27)20-7-5-4-6-8-20/h4-12,14-17H,3,13H2,1-2H3/q+1. The van der Waals surface area contributed by atoms with Crippen molar-refractivity contribution in [2.45, 2.75) is 24.8 Å². The number of fused-ring (bicyclic) bond motifs is 1. The molecule has 0 fully saturated rings. The maximum Gasteiger partial charge on any atom is 0.339 e. The lowest BCUT2D eigenvalue weighted by Crippen LogP contribution is -2.25. The van der Waals surface area contributed by atoms with Crippen LogP contribution in [0.25, 0.3) is 22.0 Å². The van der Waals surface area contributed by atoms with Crippen molar-refractivity contribution in [3.05, 3.63) is 79.3 Å². The summed E-state index contributed by atoms with van der Waals surface area (Å²) in [5.74, 6) is 0.304. The van der Waals surface area contributed by atoms with Gasteiger partial charge in [0.1, 0.15) is 17.7 Å². The van der Waals surface area contributed by atoms with Gasteiger partial charge in [0.05, 0.1) is 0 Å². The maximum absolute atomic E-state index is 12.6. The van der Waals surface area contributed by atoms with E-state index in [9.17, 15) is 8.42 Å². The number of aromatic nitrogens is 2. The van der Waals surface area contributed by atoms with Crippen LogP contribution in [-0.2, 0) is 23.7 Å². The zero-order valence-corrected chi connectivity index (χ0v) is 17.3. The molecule has 0 radical (unpaired) electrons. The average molecular weight is 408 g/mol. The second kappa shape index (κ2) is 7.72. The van der Waals surface area contributed by atoms with Crippen LogP contribution < -0.4 is 8.75 Å². The van der Waals surface area contributed by atoms with Crippen LogP contribution in [0.4, 0.5) is 0 Å². The molecule has 148 valence electrons. The van der Waals surface area contributed by atoms with E-state index in [0.29, 0.717) is 5.75 Å². The van der Waals surface area contributed by atoms with Gasteiger partial charge in [0.2, 0.25) is 0 Å². The zero-order valence-electron chi connectivity index (χ0n) is 16.4. The molecule has 2 aromatic carbocycles. The van der Waals surface area contributed by atoms with E-state index in [1.165, 1.54) is 12.1 Å². The van der Waals surface area contributed by atoms with E-state index >= 15 is 0 Å². The van der Waals surface area contributed by atoms with Gasteiger partial charge in [-0.3, -0.25) is 0 Å². The smallest absolute Gasteiger partial charge is 0.339 e. The number of hydrogen-bond donors (Lipinski definition) is 0. The third kappa shape index (κ3) is 3.89. The fourth-order valence-corrected chi connectivity index (χ4v) is 4.37. The fourth-order valence-electron chi connectivity index (χ4n) is 3.43. The molecular formula is C23H23N2O3S+. The highest BCUT2D eigenvalue weighted by Gasteiger charge is 2.18. The van der Waals surface area contributed by atoms with Gasteiger partial charge in [-0.05, 0) is 42.3 Å². The molecular weight excluding hydrogens is 384 g/mol. The highest BCUT2D eigenvalue weighted by Crippen LogP contribution is 2.34. The summed E-state index contributed by atoms with van der Waals surface area (Å²) in [5, 5.41) is 0.966. The van der Waals surface area contributed by atoms with Crippen LogP contribution in [0.2, 0.25) is 0 Å². The third-order valence-electron chi connectivity index (χ3n) is 4.84. The second-order valence-electron chi connectivity index (χ2n) is 7.02. The first-order valence-electron chi connectivity index (χ1n) is 9.56. The summed E-state index contributed by atoms with van der Waals surface area (Å²) in [6.07, 6.45) is 7.13. The van der Waals surface area contributed by atoms with Gasteiger partial charge in [-0.15, -0.1) is 0 Å². The largest absolute Gasteiger partial charge is 0.379 e. The van der Waals surface area contributed by atoms with Crippen LogP contribution in [0.3, 0.4) is 0 Å². The fraction of sp³-hybridized carbons (Fsp3) is 0.174. The minimum Gasteiger partial charge on any atom is -0.379 e. The number of hydrogen-bond acceptors (Lipinski definition) is 3. The minimum absolute atomic E-state index is 0.138. The lowest BCUT2D eigenvalue weighted by atomic mass is 10.1. The average Bonchev–Trinajstić information content (AvgIpc) is 3.07. The van der Waals surface area contributed by atoms with Gasteiger partial charge < -0.3 is 8.75 Å². The van der Waals surface area contributed by atoms with Crippen LogP contribution in [0.15, 0.2) is 84.1 Å². The monoisotopic (exact) mass is 407 g/mol. The normalized spacial score (nSPS) is 11.7. The van der Waals surface area contributed by atoms with Crippen molar-refractivity contribution in [1.82, 2.24) is 4.57 Å². The zero-order chi connectivity index (χ0) is 20.4. The Hall–Kier alpha value is -3.12. The number of rotatable bonds is 6. The molecule has 0 bridgehead atoms. The number of pyridine rings is 1. The molecule has 0 unspecified atom stereocenters. The maximum atomic E-state index is 12.6. The second-order valence-corrected chi connectivity index (χ2v) is 8.56. The first kappa shape index (κ1) is 19.2. The molecule has 6 heteroatoms. The molecule has 5 nitrogen and oxygen atoms in total. The van der Waals surface area contributed by atoms with Gasteiger partial charge >= 0.3 is 10.1 Å². The van der Waals surface area contributed by atoms with Gasteiger partial charge in [0, 0.05) is 41.3 Å². The lowest BCUT2D eigenvalue weighted by molar-refractivity contribution is -0.671. The molecule has 0 saturated heterocycles. The Morgan fingerprint density at radius 3 is 2.41 bits per heavy atom. The molecule has 0 aliphatic carbocycles. The SMILES string of the molecule is CCCn1cc(-c2cc[n+](C)cc2)c2cc(OS(=O)(=O)c3ccccc3)ccc21. The summed E-state index contributed by atoms with van der Waals surface area (Å²) in [5.41, 5.74) is 3.18. The number of nitrogens with zero attached hydrogens (tertiary/aromatic N) is 2. The van der Waals surface area contributed by atoms with Crippen molar-refractivity contribution in [3.63, 3.8) is 0 Å². The molecule has 0 N–H and O–H groups in total. The van der Waals surface area contributed by atoms with Gasteiger partial charge in [0.25, 0.3) is 0 Å². The molecule has 4 aromatic rings. The first-order chi connectivity index (χ1) is 14.0. The first-order valence-corrected chi connectivity index (χ1v) is 11.0. The van der Waals surface area contributed by atoms with Gasteiger partial charge in [-0.1, -0.05) is 25.1 Å². The molecule has 29 heavy (non-hydrogen) atoms. The third-order valence-corrected chi connectivity index (χ3v) is 6.11. The molecule has 0 amide bonds. The van der Waals surface area contributed by atoms with Gasteiger partial charge in [-0.25, -0.2) is 4.57 Å². The predicted octanol–water partition coefficient (Wildman–Crippen LogP) is 4.31. The van der Waals surface area contributed by atoms with E-state index in [2.05, 4.69) is 29.8 Å². The molecule has 0 atom stereocenters. The Labute approximate surface area is 170 Å². The number of benzene rings is 2. The summed E-state index contributed by atoms with van der Waals surface area (Å²) < 4.78 is 34.8. The topological polar surface area (TPSA) is 52.2 Å². The Kier molecular flexibility index (Phi) is 5.11. The highest BCUT2D eigenvalue weighted by molar-refractivity contribution is 7.87. The highest BCUT2D eigenvalue weighted by atomic mass is 32.2. The summed E-state index contributed by atoms with van der Waals surface area (Å²) in [6, 6.07) is 17.7. The van der Waals surface area contributed by atoms with Gasteiger partial charge in [0.15, 0.2) is 12.4 Å². The van der Waals surface area contributed by atoms with Crippen LogP contribution >= 0.6 is 0 Å². The van der Waals surface area contributed by atoms with Crippen molar-refractivity contribution < 1.29 is 17.2 Å². The van der Waals surface area contributed by atoms with Gasteiger partial charge in [-0.2, -0.15) is 8.42 Å². The van der Waals surface area contributed by atoms with Crippen LogP contribution in [0, 0.1) is 0 Å². The summed E-state index contributed by atoms with van der Waals surface area (Å²) in [4.78, 5) is 0.138. The molecule has 4 rings (SSSR count). The molecule has 0 spiro atoms. The van der Waals surface area contributed by atoms with Crippen LogP contribution in [-0.4, -0.2) is 13.0 Å². The Morgan fingerprint density at radius 2 is 1.72 bits per heavy atom. The van der Waals surface area contributed by atoms with E-state index in [4.69, 9.17) is 4.18 Å². The van der Waals surface area contributed by atoms with E-state index in [0.717, 1.165) is 35.0 Å². The predicted molar refractivity (Wildman–Crippen MR) is 113 cm³/mol. The molecule has 0 saturated carbocycles. The van der Waals surface area contributed by atoms with Crippen LogP contribution in [0.5, 0.6) is 5.75 Å². The Balaban J connectivity index is 1.80. The molecule has 0 aliphatic heterocycles. The van der Waals surface area contributed by atoms with Crippen molar-refractivity contribution in [2.24, 2.45) is 7.05 Å². The molecule has 0 aliphatic rings. The minimum atomic E-state index is -3.88. The number of aryl methyl sites for hydroxylation is 2. The van der Waals surface area contributed by atoms with E-state index < -0.39 is 10.1 Å². The van der Waals surface area contributed by atoms with Crippen molar-refractivity contribution in [2.75, 3.05) is 0 Å². The summed E-state index contributed by atoms with van der Waals surface area (Å²) in [7, 11) is -1.90. The van der Waals surface area contributed by atoms with Crippen molar-refractivity contribution in [3.8, 4) is 16.9 Å². The van der Waals surface area contributed by atoms with Crippen LogP contribution in [0.1, 0.15) is 13.3 Å². The van der Waals surface area contributed by atoms with E-state index in [1.807, 2.05) is 36.1 Å². The summed E-state index contributed by atoms with van der Waals surface area (Å²) >= 11 is 0. The van der Waals surface area contributed by atoms with Crippen molar-refractivity contribution in [1.29, 1.82) is 0 Å². The Morgan fingerprint density at radius 1 is 1.00 bits per heavy atom. The molecule has 2 aromatic heterocycles. The van der Waals surface area contributed by atoms with E-state index in [-0.39, 0.29) is 4.90 Å². The molecule has 2 heterocycles. The quantitative estimate of drug-likeness (QED) is 0.353. The Bertz CT molecular complexity index is 1240. The van der Waals surface area contributed by atoms with E-state index in [1.54, 1.807) is 24.3 Å².